The molecule has 70 heavy (non-hydrogen) atoms. The molecule has 12 atom stereocenters. The van der Waals surface area contributed by atoms with E-state index in [1.54, 1.807) is 0 Å². The predicted molar refractivity (Wildman–Crippen MR) is 203 cm³/mol. The minimum absolute atomic E-state index is 0.374. The summed E-state index contributed by atoms with van der Waals surface area (Å²) in [6, 6.07) is -7.70. The van der Waals surface area contributed by atoms with Crippen LogP contribution in [0.3, 0.4) is 0 Å². The average Bonchev–Trinajstić information content (AvgIpc) is 3.69. The summed E-state index contributed by atoms with van der Waals surface area (Å²) in [7, 11) is 0. The quantitative estimate of drug-likeness (QED) is 0.214. The number of rotatable bonds is 0. The highest BCUT2D eigenvalue weighted by Crippen LogP contribution is 2.65. The number of fused-ring (bicyclic) bond motifs is 10. The molecule has 24 amide bonds. The van der Waals surface area contributed by atoms with Crippen LogP contribution in [0.25, 0.3) is 0 Å². The first-order valence-corrected chi connectivity index (χ1v) is 22.7. The van der Waals surface area contributed by atoms with Crippen molar-refractivity contribution in [3.8, 4) is 0 Å². The Morgan fingerprint density at radius 2 is 0.529 bits per heavy atom. The van der Waals surface area contributed by atoms with E-state index in [0.29, 0.717) is 0 Å². The van der Waals surface area contributed by atoms with Gasteiger partial charge in [-0.15, -0.1) is 0 Å². The van der Waals surface area contributed by atoms with Crippen molar-refractivity contribution in [3.05, 3.63) is 0 Å². The van der Waals surface area contributed by atoms with E-state index in [4.69, 9.17) is 0 Å². The molecule has 11 unspecified atom stereocenters. The normalized spacial score (nSPS) is 42.6. The van der Waals surface area contributed by atoms with Gasteiger partial charge in [-0.2, -0.15) is 0 Å². The first kappa shape index (κ1) is 35.4. The first-order chi connectivity index (χ1) is 33.7. The van der Waals surface area contributed by atoms with Gasteiger partial charge in [0.15, 0.2) is 49.3 Å². The Labute approximate surface area is 387 Å². The van der Waals surface area contributed by atoms with Gasteiger partial charge in [0.25, 0.3) is 0 Å². The number of carbonyl (C=O) groups excluding carboxylic acids is 12. The zero-order valence-electron chi connectivity index (χ0n) is 35.6. The van der Waals surface area contributed by atoms with Gasteiger partial charge < -0.3 is 10.6 Å². The monoisotopic (exact) mass is 968 g/mol. The number of carbonyl (C=O) groups is 12. The van der Waals surface area contributed by atoms with Crippen LogP contribution in [0.15, 0.2) is 0 Å². The highest BCUT2D eigenvalue weighted by Gasteiger charge is 2.93. The molecule has 0 aromatic rings. The third-order valence-electron chi connectivity index (χ3n) is 18.4. The molecule has 2 spiro atoms. The minimum Gasteiger partial charge on any atom is -0.314 e. The van der Waals surface area contributed by atoms with Crippen molar-refractivity contribution in [2.24, 2.45) is 0 Å². The van der Waals surface area contributed by atoms with Crippen LogP contribution in [0, 0.1) is 0 Å². The second-order valence-electron chi connectivity index (χ2n) is 20.6. The van der Waals surface area contributed by atoms with Crippen molar-refractivity contribution in [1.82, 2.24) is 118 Å². The number of hydrogen-bond donors (Lipinski definition) is 2. The fourth-order valence-corrected chi connectivity index (χ4v) is 15.5. The fourth-order valence-electron chi connectivity index (χ4n) is 15.5. The van der Waals surface area contributed by atoms with Crippen LogP contribution in [-0.4, -0.2) is 320 Å². The lowest BCUT2D eigenvalue weighted by atomic mass is 10.2. The minimum atomic E-state index is -1.47. The van der Waals surface area contributed by atoms with Gasteiger partial charge in [0.2, 0.25) is 11.6 Å². The summed E-state index contributed by atoms with van der Waals surface area (Å²) < 4.78 is 0. The van der Waals surface area contributed by atoms with Gasteiger partial charge in [0, 0.05) is 0 Å². The molecule has 19 aliphatic rings. The smallest absolute Gasteiger partial charge is 0.314 e. The molecule has 19 heterocycles. The van der Waals surface area contributed by atoms with Crippen molar-refractivity contribution < 1.29 is 57.5 Å². The van der Waals surface area contributed by atoms with Gasteiger partial charge in [-0.3, -0.25) is 108 Å². The Bertz CT molecular complexity index is 2740. The Kier molecular flexibility index (Phi) is 4.93. The number of nitrogens with zero attached hydrogens (tertiary/aromatic N) is 22. The Hall–Kier alpha value is -8.76. The molecule has 19 rings (SSSR count). The number of urea groups is 12. The zero-order chi connectivity index (χ0) is 46.9. The largest absolute Gasteiger partial charge is 0.330 e. The third kappa shape index (κ3) is 2.99. The molecule has 0 saturated carbocycles. The van der Waals surface area contributed by atoms with E-state index in [1.165, 1.54) is 108 Å². The molecule has 0 aromatic carbocycles. The molecule has 0 aliphatic carbocycles. The molecule has 19 saturated heterocycles. The van der Waals surface area contributed by atoms with E-state index < -0.39 is 199 Å². The molecular formula is C34H32N24O12. The summed E-state index contributed by atoms with van der Waals surface area (Å²) in [5.41, 5.74) is 0. The fraction of sp³-hybridized carbons (Fsp3) is 0.647. The molecule has 36 nitrogen and oxygen atoms in total. The van der Waals surface area contributed by atoms with Crippen LogP contribution in [0.2, 0.25) is 0 Å². The summed E-state index contributed by atoms with van der Waals surface area (Å²) in [6.45, 7) is -4.37. The molecular weight excluding hydrogens is 937 g/mol. The van der Waals surface area contributed by atoms with Crippen molar-refractivity contribution in [2.75, 3.05) is 66.7 Å². The standard InChI is InChI=1S/C34H32N24O12/c59-21-35-11-13-39(21)3-43-15-16-44(25(43)63)4-40-14-12(36-22(40)60)38-2-52-20-34-54(30(52)68)8-48-18-17-47(27(48)65)7-53-29(67)51(1-37(11)23(61)41(13)5-45(15)26(64)46(16)6-42(14)24(38)62)19-33(53)55(31(69)57(19)33)9-49(17)28(66)50(18)10-56(34)32(70)58(20)34/h11-20H,1-10H2,(H,35,59)(H,36,60)/t11?,12?,13?,14?,15?,16?,17-,18?,19?,20?,33?,34?,57?,58?/m1/s1. The molecule has 36 heteroatoms. The van der Waals surface area contributed by atoms with E-state index in [0.717, 1.165) is 0 Å². The van der Waals surface area contributed by atoms with Crippen LogP contribution in [0.4, 0.5) is 57.5 Å². The highest BCUT2D eigenvalue weighted by atomic mass is 16.3. The van der Waals surface area contributed by atoms with Crippen molar-refractivity contribution in [3.63, 3.8) is 0 Å². The number of amides is 24. The van der Waals surface area contributed by atoms with Crippen LogP contribution in [0.5, 0.6) is 0 Å². The van der Waals surface area contributed by atoms with Crippen LogP contribution in [0.1, 0.15) is 0 Å². The zero-order valence-corrected chi connectivity index (χ0v) is 35.6. The van der Waals surface area contributed by atoms with Gasteiger partial charge in [0.1, 0.15) is 79.0 Å². The van der Waals surface area contributed by atoms with Crippen LogP contribution in [-0.2, 0) is 0 Å². The molecule has 19 fully saturated rings. The summed E-state index contributed by atoms with van der Waals surface area (Å²) in [4.78, 5) is 204. The first-order valence-electron chi connectivity index (χ1n) is 22.7. The molecule has 19 aliphatic heterocycles. The van der Waals surface area contributed by atoms with E-state index >= 15 is 0 Å². The van der Waals surface area contributed by atoms with Crippen molar-refractivity contribution >= 4 is 72.4 Å². The van der Waals surface area contributed by atoms with E-state index in [-0.39, 0.29) is 13.3 Å². The van der Waals surface area contributed by atoms with Gasteiger partial charge in [-0.25, -0.2) is 57.5 Å². The third-order valence-corrected chi connectivity index (χ3v) is 18.4. The summed E-state index contributed by atoms with van der Waals surface area (Å²) in [5, 5.41) is 5.65. The van der Waals surface area contributed by atoms with Crippen molar-refractivity contribution in [2.45, 2.75) is 73.2 Å². The lowest BCUT2D eigenvalue weighted by Gasteiger charge is -2.50. The Morgan fingerprint density at radius 3 is 0.871 bits per heavy atom. The molecule has 0 radical (unpaired) electrons. The maximum Gasteiger partial charge on any atom is 0.330 e. The Morgan fingerprint density at radius 1 is 0.271 bits per heavy atom. The highest BCUT2D eigenvalue weighted by molar-refractivity contribution is 5.99. The molecule has 12 bridgehead atoms. The number of hydrogen-bond acceptors (Lipinski definition) is 12. The topological polar surface area (TPSA) is 300 Å². The average molecular weight is 969 g/mol. The SMILES string of the molecule is O=C1NC2C3N1CN1C(=O)N4CN5C(=O)NC6C5N5CN7C(=O)N(CN3C(=O)N2CN2C(=O)N3CN8C(=O)N9CN%10C(=O)N(CN6C5=O)C5N6C(=O)N(CN%11C(=O)N(CN%12C(=O)N%13C2C3%12%13)C8[C@H]9%11)C5%106)C1C47. The maximum atomic E-state index is 15.0. The van der Waals surface area contributed by atoms with E-state index in [2.05, 4.69) is 10.6 Å². The van der Waals surface area contributed by atoms with Gasteiger partial charge in [0.05, 0.1) is 0 Å². The predicted octanol–water partition coefficient (Wildman–Crippen LogP) is -6.35. The molecule has 0 aromatic heterocycles. The summed E-state index contributed by atoms with van der Waals surface area (Å²) in [5.74, 6) is -2.95. The lowest BCUT2D eigenvalue weighted by Crippen LogP contribution is -2.74. The van der Waals surface area contributed by atoms with E-state index in [9.17, 15) is 57.5 Å². The lowest BCUT2D eigenvalue weighted by molar-refractivity contribution is -0.0918. The Balaban J connectivity index is 0.781. The van der Waals surface area contributed by atoms with Gasteiger partial charge in [-0.05, 0) is 0 Å². The van der Waals surface area contributed by atoms with Gasteiger partial charge >= 0.3 is 72.4 Å². The second-order valence-corrected chi connectivity index (χ2v) is 20.6. The van der Waals surface area contributed by atoms with Crippen molar-refractivity contribution in [1.29, 1.82) is 0 Å². The number of nitrogens with one attached hydrogen (secondary N) is 2. The summed E-state index contributed by atoms with van der Waals surface area (Å²) >= 11 is 0. The molecule has 2 N–H and O–H groups in total. The molecule has 360 valence electrons. The van der Waals surface area contributed by atoms with E-state index in [1.807, 2.05) is 0 Å². The van der Waals surface area contributed by atoms with Gasteiger partial charge in [-0.1, -0.05) is 0 Å². The summed E-state index contributed by atoms with van der Waals surface area (Å²) in [6.07, 6.45) is -11.0. The van der Waals surface area contributed by atoms with Crippen LogP contribution >= 0.6 is 0 Å². The van der Waals surface area contributed by atoms with Crippen LogP contribution < -0.4 is 10.6 Å². The maximum absolute atomic E-state index is 15.0. The second kappa shape index (κ2) is 9.75.